The summed E-state index contributed by atoms with van der Waals surface area (Å²) in [6.07, 6.45) is 0. The SMILES string of the molecule is C[C@H](NC(=O)c1cccc(CN)c1)c1ccccc1. The van der Waals surface area contributed by atoms with Gasteiger partial charge in [-0.05, 0) is 30.2 Å². The molecule has 3 nitrogen and oxygen atoms in total. The Bertz CT molecular complexity index is 552. The Morgan fingerprint density at radius 2 is 1.89 bits per heavy atom. The molecule has 0 fully saturated rings. The van der Waals surface area contributed by atoms with Crippen LogP contribution >= 0.6 is 0 Å². The summed E-state index contributed by atoms with van der Waals surface area (Å²) in [5.41, 5.74) is 8.27. The molecule has 2 rings (SSSR count). The summed E-state index contributed by atoms with van der Waals surface area (Å²) >= 11 is 0. The second-order valence-electron chi connectivity index (χ2n) is 4.51. The lowest BCUT2D eigenvalue weighted by atomic mass is 10.1. The van der Waals surface area contributed by atoms with Crippen molar-refractivity contribution in [3.63, 3.8) is 0 Å². The molecule has 0 aliphatic heterocycles. The Balaban J connectivity index is 2.08. The van der Waals surface area contributed by atoms with Crippen LogP contribution in [0.4, 0.5) is 0 Å². The summed E-state index contributed by atoms with van der Waals surface area (Å²) in [5.74, 6) is -0.0772. The molecule has 3 heteroatoms. The van der Waals surface area contributed by atoms with E-state index in [0.717, 1.165) is 11.1 Å². The van der Waals surface area contributed by atoms with E-state index in [0.29, 0.717) is 12.1 Å². The molecule has 0 unspecified atom stereocenters. The highest BCUT2D eigenvalue weighted by Crippen LogP contribution is 2.13. The van der Waals surface area contributed by atoms with Crippen molar-refractivity contribution < 1.29 is 4.79 Å². The van der Waals surface area contributed by atoms with Gasteiger partial charge in [-0.2, -0.15) is 0 Å². The Kier molecular flexibility index (Phi) is 4.31. The molecule has 0 saturated heterocycles. The first-order valence-corrected chi connectivity index (χ1v) is 6.35. The molecule has 2 aromatic rings. The van der Waals surface area contributed by atoms with Gasteiger partial charge in [-0.3, -0.25) is 4.79 Å². The Morgan fingerprint density at radius 1 is 1.16 bits per heavy atom. The molecule has 0 aliphatic carbocycles. The van der Waals surface area contributed by atoms with Crippen LogP contribution in [0.3, 0.4) is 0 Å². The number of hydrogen-bond donors (Lipinski definition) is 2. The maximum absolute atomic E-state index is 12.1. The number of nitrogens with one attached hydrogen (secondary N) is 1. The van der Waals surface area contributed by atoms with Crippen molar-refractivity contribution in [2.45, 2.75) is 19.5 Å². The van der Waals surface area contributed by atoms with E-state index in [1.807, 2.05) is 55.5 Å². The first-order chi connectivity index (χ1) is 9.20. The summed E-state index contributed by atoms with van der Waals surface area (Å²) in [6, 6.07) is 17.3. The minimum atomic E-state index is -0.0772. The van der Waals surface area contributed by atoms with Crippen molar-refractivity contribution in [3.05, 3.63) is 71.3 Å². The number of carbonyl (C=O) groups is 1. The molecule has 0 radical (unpaired) electrons. The number of benzene rings is 2. The summed E-state index contributed by atoms with van der Waals surface area (Å²) in [5, 5.41) is 2.98. The topological polar surface area (TPSA) is 55.1 Å². The molecule has 0 aliphatic rings. The van der Waals surface area contributed by atoms with E-state index in [9.17, 15) is 4.79 Å². The van der Waals surface area contributed by atoms with E-state index in [-0.39, 0.29) is 11.9 Å². The van der Waals surface area contributed by atoms with Gasteiger partial charge < -0.3 is 11.1 Å². The zero-order chi connectivity index (χ0) is 13.7. The van der Waals surface area contributed by atoms with Crippen molar-refractivity contribution in [1.29, 1.82) is 0 Å². The molecular weight excluding hydrogens is 236 g/mol. The van der Waals surface area contributed by atoms with Crippen molar-refractivity contribution in [2.75, 3.05) is 0 Å². The van der Waals surface area contributed by atoms with Crippen LogP contribution in [0.5, 0.6) is 0 Å². The predicted molar refractivity (Wildman–Crippen MR) is 76.7 cm³/mol. The van der Waals surface area contributed by atoms with Crippen LogP contribution in [0.15, 0.2) is 54.6 Å². The van der Waals surface area contributed by atoms with Crippen LogP contribution in [0.1, 0.15) is 34.5 Å². The maximum Gasteiger partial charge on any atom is 0.251 e. The lowest BCUT2D eigenvalue weighted by molar-refractivity contribution is 0.0940. The van der Waals surface area contributed by atoms with Crippen LogP contribution in [0, 0.1) is 0 Å². The molecule has 0 saturated carbocycles. The first-order valence-electron chi connectivity index (χ1n) is 6.35. The first kappa shape index (κ1) is 13.3. The van der Waals surface area contributed by atoms with Crippen molar-refractivity contribution in [1.82, 2.24) is 5.32 Å². The van der Waals surface area contributed by atoms with E-state index in [1.165, 1.54) is 0 Å². The van der Waals surface area contributed by atoms with Crippen LogP contribution in [0.2, 0.25) is 0 Å². The van der Waals surface area contributed by atoms with Gasteiger partial charge in [-0.25, -0.2) is 0 Å². The van der Waals surface area contributed by atoms with Gasteiger partial charge in [0.2, 0.25) is 0 Å². The van der Waals surface area contributed by atoms with Crippen molar-refractivity contribution in [2.24, 2.45) is 5.73 Å². The average molecular weight is 254 g/mol. The van der Waals surface area contributed by atoms with Gasteiger partial charge in [0.25, 0.3) is 5.91 Å². The fraction of sp³-hybridized carbons (Fsp3) is 0.188. The highest BCUT2D eigenvalue weighted by Gasteiger charge is 2.11. The normalized spacial score (nSPS) is 11.9. The number of hydrogen-bond acceptors (Lipinski definition) is 2. The lowest BCUT2D eigenvalue weighted by Gasteiger charge is -2.14. The van der Waals surface area contributed by atoms with E-state index < -0.39 is 0 Å². The second kappa shape index (κ2) is 6.16. The third-order valence-corrected chi connectivity index (χ3v) is 3.07. The van der Waals surface area contributed by atoms with Crippen LogP contribution < -0.4 is 11.1 Å². The van der Waals surface area contributed by atoms with Gasteiger partial charge in [0.1, 0.15) is 0 Å². The van der Waals surface area contributed by atoms with E-state index >= 15 is 0 Å². The minimum Gasteiger partial charge on any atom is -0.346 e. The van der Waals surface area contributed by atoms with Gasteiger partial charge in [-0.1, -0.05) is 42.5 Å². The number of amides is 1. The van der Waals surface area contributed by atoms with Crippen LogP contribution in [-0.4, -0.2) is 5.91 Å². The summed E-state index contributed by atoms with van der Waals surface area (Å²) < 4.78 is 0. The smallest absolute Gasteiger partial charge is 0.251 e. The minimum absolute atomic E-state index is 0.0183. The molecule has 0 aromatic heterocycles. The van der Waals surface area contributed by atoms with Crippen LogP contribution in [-0.2, 0) is 6.54 Å². The highest BCUT2D eigenvalue weighted by atomic mass is 16.1. The Labute approximate surface area is 113 Å². The summed E-state index contributed by atoms with van der Waals surface area (Å²) in [7, 11) is 0. The largest absolute Gasteiger partial charge is 0.346 e. The van der Waals surface area contributed by atoms with E-state index in [1.54, 1.807) is 6.07 Å². The lowest BCUT2D eigenvalue weighted by Crippen LogP contribution is -2.26. The average Bonchev–Trinajstić information content (AvgIpc) is 2.48. The maximum atomic E-state index is 12.1. The Morgan fingerprint density at radius 3 is 2.58 bits per heavy atom. The standard InChI is InChI=1S/C16H18N2O/c1-12(14-7-3-2-4-8-14)18-16(19)15-9-5-6-13(10-15)11-17/h2-10,12H,11,17H2,1H3,(H,18,19)/t12-/m0/s1. The molecule has 0 heterocycles. The molecule has 0 spiro atoms. The molecule has 19 heavy (non-hydrogen) atoms. The van der Waals surface area contributed by atoms with Gasteiger partial charge >= 0.3 is 0 Å². The van der Waals surface area contributed by atoms with E-state index in [4.69, 9.17) is 5.73 Å². The fourth-order valence-corrected chi connectivity index (χ4v) is 1.94. The predicted octanol–water partition coefficient (Wildman–Crippen LogP) is 2.64. The highest BCUT2D eigenvalue weighted by molar-refractivity contribution is 5.94. The van der Waals surface area contributed by atoms with Crippen molar-refractivity contribution in [3.8, 4) is 0 Å². The quantitative estimate of drug-likeness (QED) is 0.881. The molecule has 1 atom stereocenters. The molecule has 2 aromatic carbocycles. The van der Waals surface area contributed by atoms with Gasteiger partial charge in [-0.15, -0.1) is 0 Å². The van der Waals surface area contributed by atoms with Gasteiger partial charge in [0.05, 0.1) is 6.04 Å². The third kappa shape index (κ3) is 3.42. The molecule has 1 amide bonds. The van der Waals surface area contributed by atoms with Gasteiger partial charge in [0, 0.05) is 12.1 Å². The van der Waals surface area contributed by atoms with Crippen molar-refractivity contribution >= 4 is 5.91 Å². The van der Waals surface area contributed by atoms with E-state index in [2.05, 4.69) is 5.32 Å². The zero-order valence-corrected chi connectivity index (χ0v) is 11.0. The van der Waals surface area contributed by atoms with Gasteiger partial charge in [0.15, 0.2) is 0 Å². The zero-order valence-electron chi connectivity index (χ0n) is 11.0. The Hall–Kier alpha value is -2.13. The fourth-order valence-electron chi connectivity index (χ4n) is 1.94. The third-order valence-electron chi connectivity index (χ3n) is 3.07. The monoisotopic (exact) mass is 254 g/mol. The summed E-state index contributed by atoms with van der Waals surface area (Å²) in [4.78, 5) is 12.1. The molecule has 3 N–H and O–H groups in total. The number of carbonyl (C=O) groups excluding carboxylic acids is 1. The second-order valence-corrected chi connectivity index (χ2v) is 4.51. The molecular formula is C16H18N2O. The molecule has 0 bridgehead atoms. The number of nitrogens with two attached hydrogens (primary N) is 1. The van der Waals surface area contributed by atoms with Crippen LogP contribution in [0.25, 0.3) is 0 Å². The molecule has 98 valence electrons. The summed E-state index contributed by atoms with van der Waals surface area (Å²) in [6.45, 7) is 2.41. The number of rotatable bonds is 4.